The highest BCUT2D eigenvalue weighted by Gasteiger charge is 2.16. The number of rotatable bonds is 3. The molecule has 0 fully saturated rings. The topological polar surface area (TPSA) is 9.23 Å². The molecular weight excluding hydrogens is 116 g/mol. The highest BCUT2D eigenvalue weighted by molar-refractivity contribution is 6.71. The Morgan fingerprint density at radius 1 is 1.62 bits per heavy atom. The van der Waals surface area contributed by atoms with Gasteiger partial charge < -0.3 is 4.43 Å². The van der Waals surface area contributed by atoms with Crippen LogP contribution in [0.1, 0.15) is 0 Å². The lowest BCUT2D eigenvalue weighted by atomic mass is 10.8. The van der Waals surface area contributed by atoms with E-state index in [1.54, 1.807) is 7.11 Å². The molecule has 0 radical (unpaired) electrons. The maximum atomic E-state index is 5.25. The maximum Gasteiger partial charge on any atom is 0.189 e. The standard InChI is InChI=1S/C6H14OSi/c1-5-6-8(3,4)7-2/h5H,1,6H2,2-4H3. The van der Waals surface area contributed by atoms with Crippen LogP contribution in [-0.2, 0) is 4.43 Å². The zero-order chi connectivity index (χ0) is 6.62. The lowest BCUT2D eigenvalue weighted by molar-refractivity contribution is 0.407. The van der Waals surface area contributed by atoms with Gasteiger partial charge in [-0.3, -0.25) is 0 Å². The highest BCUT2D eigenvalue weighted by Crippen LogP contribution is 2.08. The molecule has 0 N–H and O–H groups in total. The molecule has 0 spiro atoms. The Morgan fingerprint density at radius 2 is 2.12 bits per heavy atom. The van der Waals surface area contributed by atoms with Gasteiger partial charge in [0.25, 0.3) is 0 Å². The third kappa shape index (κ3) is 2.99. The molecule has 0 aliphatic rings. The van der Waals surface area contributed by atoms with Crippen LogP contribution < -0.4 is 0 Å². The first-order valence-corrected chi connectivity index (χ1v) is 5.90. The van der Waals surface area contributed by atoms with E-state index >= 15 is 0 Å². The molecule has 48 valence electrons. The summed E-state index contributed by atoms with van der Waals surface area (Å²) in [7, 11) is 0.478. The van der Waals surface area contributed by atoms with E-state index in [1.807, 2.05) is 6.08 Å². The lowest BCUT2D eigenvalue weighted by Gasteiger charge is -2.16. The van der Waals surface area contributed by atoms with Crippen molar-refractivity contribution < 1.29 is 4.43 Å². The minimum atomic E-state index is -1.30. The third-order valence-electron chi connectivity index (χ3n) is 1.19. The molecule has 1 nitrogen and oxygen atoms in total. The summed E-state index contributed by atoms with van der Waals surface area (Å²) in [4.78, 5) is 0. The molecule has 0 saturated carbocycles. The molecule has 0 atom stereocenters. The van der Waals surface area contributed by atoms with Crippen LogP contribution in [0.25, 0.3) is 0 Å². The second-order valence-electron chi connectivity index (χ2n) is 2.46. The first kappa shape index (κ1) is 7.92. The highest BCUT2D eigenvalue weighted by atomic mass is 28.4. The number of hydrogen-bond acceptors (Lipinski definition) is 1. The molecule has 0 bridgehead atoms. The zero-order valence-electron chi connectivity index (χ0n) is 5.90. The minimum absolute atomic E-state index is 1.05. The van der Waals surface area contributed by atoms with Crippen molar-refractivity contribution in [3.8, 4) is 0 Å². The SMILES string of the molecule is C=CC[Si](C)(C)OC. The first-order valence-electron chi connectivity index (χ1n) is 2.78. The van der Waals surface area contributed by atoms with Gasteiger partial charge in [0.05, 0.1) is 0 Å². The van der Waals surface area contributed by atoms with Crippen molar-refractivity contribution in [1.29, 1.82) is 0 Å². The summed E-state index contributed by atoms with van der Waals surface area (Å²) in [5, 5.41) is 0. The Labute approximate surface area is 52.5 Å². The van der Waals surface area contributed by atoms with Crippen LogP contribution in [0.15, 0.2) is 12.7 Å². The Balaban J connectivity index is 3.53. The molecule has 8 heavy (non-hydrogen) atoms. The van der Waals surface area contributed by atoms with Crippen LogP contribution in [0.4, 0.5) is 0 Å². The van der Waals surface area contributed by atoms with Crippen LogP contribution in [0.2, 0.25) is 19.1 Å². The fraction of sp³-hybridized carbons (Fsp3) is 0.667. The van der Waals surface area contributed by atoms with Crippen molar-refractivity contribution in [3.63, 3.8) is 0 Å². The van der Waals surface area contributed by atoms with E-state index in [1.165, 1.54) is 0 Å². The molecule has 0 amide bonds. The van der Waals surface area contributed by atoms with Crippen LogP contribution in [0.3, 0.4) is 0 Å². The molecule has 0 unspecified atom stereocenters. The van der Waals surface area contributed by atoms with Gasteiger partial charge in [-0.05, 0) is 19.1 Å². The second-order valence-corrected chi connectivity index (χ2v) is 6.79. The molecule has 0 aliphatic heterocycles. The van der Waals surface area contributed by atoms with Gasteiger partial charge in [-0.2, -0.15) is 0 Å². The van der Waals surface area contributed by atoms with Gasteiger partial charge in [-0.25, -0.2) is 0 Å². The van der Waals surface area contributed by atoms with Gasteiger partial charge in [-0.15, -0.1) is 6.58 Å². The predicted octanol–water partition coefficient (Wildman–Crippen LogP) is 2.02. The van der Waals surface area contributed by atoms with E-state index in [0.717, 1.165) is 6.04 Å². The van der Waals surface area contributed by atoms with Crippen molar-refractivity contribution in [2.45, 2.75) is 19.1 Å². The summed E-state index contributed by atoms with van der Waals surface area (Å²) in [6.07, 6.45) is 1.93. The van der Waals surface area contributed by atoms with Gasteiger partial charge in [0.15, 0.2) is 8.32 Å². The molecule has 0 aliphatic carbocycles. The number of hydrogen-bond donors (Lipinski definition) is 0. The summed E-state index contributed by atoms with van der Waals surface area (Å²) in [5.74, 6) is 0. The Bertz CT molecular complexity index is 78.6. The molecular formula is C6H14OSi. The smallest absolute Gasteiger partial charge is 0.189 e. The van der Waals surface area contributed by atoms with E-state index in [9.17, 15) is 0 Å². The molecule has 2 heteroatoms. The lowest BCUT2D eigenvalue weighted by Crippen LogP contribution is -2.26. The van der Waals surface area contributed by atoms with E-state index < -0.39 is 8.32 Å². The largest absolute Gasteiger partial charge is 0.420 e. The Morgan fingerprint density at radius 3 is 2.25 bits per heavy atom. The third-order valence-corrected chi connectivity index (χ3v) is 3.57. The van der Waals surface area contributed by atoms with Gasteiger partial charge in [0.1, 0.15) is 0 Å². The predicted molar refractivity (Wildman–Crippen MR) is 39.5 cm³/mol. The summed E-state index contributed by atoms with van der Waals surface area (Å²) in [6, 6.07) is 1.05. The van der Waals surface area contributed by atoms with Crippen molar-refractivity contribution in [2.75, 3.05) is 7.11 Å². The Kier molecular flexibility index (Phi) is 3.01. The van der Waals surface area contributed by atoms with Gasteiger partial charge in [-0.1, -0.05) is 6.08 Å². The molecule has 0 rings (SSSR count). The van der Waals surface area contributed by atoms with Gasteiger partial charge in [0.2, 0.25) is 0 Å². The Hall–Kier alpha value is -0.0831. The second kappa shape index (κ2) is 3.05. The summed E-state index contributed by atoms with van der Waals surface area (Å²) < 4.78 is 5.25. The van der Waals surface area contributed by atoms with E-state index in [4.69, 9.17) is 4.43 Å². The van der Waals surface area contributed by atoms with E-state index in [-0.39, 0.29) is 0 Å². The quantitative estimate of drug-likeness (QED) is 0.419. The fourth-order valence-corrected chi connectivity index (χ4v) is 1.29. The molecule has 0 aromatic heterocycles. The average molecular weight is 130 g/mol. The van der Waals surface area contributed by atoms with Crippen LogP contribution in [0, 0.1) is 0 Å². The molecule has 0 saturated heterocycles. The molecule has 0 aromatic carbocycles. The minimum Gasteiger partial charge on any atom is -0.420 e. The summed E-state index contributed by atoms with van der Waals surface area (Å²) in [6.45, 7) is 8.00. The van der Waals surface area contributed by atoms with E-state index in [2.05, 4.69) is 19.7 Å². The fourth-order valence-electron chi connectivity index (χ4n) is 0.431. The van der Waals surface area contributed by atoms with Crippen LogP contribution >= 0.6 is 0 Å². The van der Waals surface area contributed by atoms with Crippen molar-refractivity contribution in [2.24, 2.45) is 0 Å². The van der Waals surface area contributed by atoms with Crippen molar-refractivity contribution in [3.05, 3.63) is 12.7 Å². The molecule has 0 heterocycles. The molecule has 0 aromatic rings. The summed E-state index contributed by atoms with van der Waals surface area (Å²) in [5.41, 5.74) is 0. The number of allylic oxidation sites excluding steroid dienone is 1. The first-order chi connectivity index (χ1) is 3.62. The average Bonchev–Trinajstić information content (AvgIpc) is 1.67. The van der Waals surface area contributed by atoms with Crippen LogP contribution in [-0.4, -0.2) is 15.4 Å². The van der Waals surface area contributed by atoms with Crippen molar-refractivity contribution in [1.82, 2.24) is 0 Å². The summed E-state index contributed by atoms with van der Waals surface area (Å²) >= 11 is 0. The van der Waals surface area contributed by atoms with Gasteiger partial charge in [0, 0.05) is 7.11 Å². The van der Waals surface area contributed by atoms with Crippen LogP contribution in [0.5, 0.6) is 0 Å². The van der Waals surface area contributed by atoms with Crippen molar-refractivity contribution >= 4 is 8.32 Å². The van der Waals surface area contributed by atoms with Gasteiger partial charge >= 0.3 is 0 Å². The van der Waals surface area contributed by atoms with E-state index in [0.29, 0.717) is 0 Å². The monoisotopic (exact) mass is 130 g/mol. The normalized spacial score (nSPS) is 11.4. The maximum absolute atomic E-state index is 5.25. The zero-order valence-corrected chi connectivity index (χ0v) is 6.90.